The number of carbonyl (C=O) groups is 1. The molecule has 1 aliphatic carbocycles. The van der Waals surface area contributed by atoms with Gasteiger partial charge in [-0.25, -0.2) is 10.8 Å². The second-order valence-corrected chi connectivity index (χ2v) is 4.59. The van der Waals surface area contributed by atoms with Crippen LogP contribution in [0.15, 0.2) is 12.1 Å². The molecule has 0 bridgehead atoms. The SMILES string of the molecule is NNc1ccc(Cl)c(C(=O)NCC2CCC2)n1. The molecule has 1 saturated carbocycles. The molecule has 0 saturated heterocycles. The largest absolute Gasteiger partial charge is 0.350 e. The first kappa shape index (κ1) is 12.1. The molecule has 1 aromatic heterocycles. The van der Waals surface area contributed by atoms with Crippen LogP contribution in [0, 0.1) is 5.92 Å². The predicted molar refractivity (Wildman–Crippen MR) is 66.7 cm³/mol. The molecule has 0 spiro atoms. The number of nitrogens with one attached hydrogen (secondary N) is 2. The number of rotatable bonds is 4. The van der Waals surface area contributed by atoms with Gasteiger partial charge in [-0.2, -0.15) is 0 Å². The summed E-state index contributed by atoms with van der Waals surface area (Å²) in [5.74, 6) is 6.01. The molecule has 1 fully saturated rings. The molecule has 5 nitrogen and oxygen atoms in total. The summed E-state index contributed by atoms with van der Waals surface area (Å²) in [6.07, 6.45) is 3.63. The van der Waals surface area contributed by atoms with E-state index in [9.17, 15) is 4.79 Å². The predicted octanol–water partition coefficient (Wildman–Crippen LogP) is 1.55. The van der Waals surface area contributed by atoms with E-state index in [1.54, 1.807) is 12.1 Å². The molecule has 17 heavy (non-hydrogen) atoms. The minimum Gasteiger partial charge on any atom is -0.350 e. The number of nitrogens with zero attached hydrogens (tertiary/aromatic N) is 1. The van der Waals surface area contributed by atoms with Crippen molar-refractivity contribution in [3.05, 3.63) is 22.8 Å². The third kappa shape index (κ3) is 2.87. The smallest absolute Gasteiger partial charge is 0.271 e. The average Bonchev–Trinajstić information content (AvgIpc) is 2.27. The molecular formula is C11H15ClN4O. The van der Waals surface area contributed by atoms with Gasteiger partial charge in [-0.1, -0.05) is 18.0 Å². The molecule has 0 aliphatic heterocycles. The fourth-order valence-electron chi connectivity index (χ4n) is 1.70. The molecule has 6 heteroatoms. The number of hydrogen-bond donors (Lipinski definition) is 3. The van der Waals surface area contributed by atoms with E-state index >= 15 is 0 Å². The van der Waals surface area contributed by atoms with Gasteiger partial charge < -0.3 is 10.7 Å². The highest BCUT2D eigenvalue weighted by atomic mass is 35.5. The molecule has 4 N–H and O–H groups in total. The van der Waals surface area contributed by atoms with E-state index in [1.165, 1.54) is 19.3 Å². The molecule has 0 radical (unpaired) electrons. The van der Waals surface area contributed by atoms with Crippen LogP contribution in [0.3, 0.4) is 0 Å². The van der Waals surface area contributed by atoms with Gasteiger partial charge in [0.25, 0.3) is 5.91 Å². The summed E-state index contributed by atoms with van der Waals surface area (Å²) in [7, 11) is 0. The molecule has 1 heterocycles. The Bertz CT molecular complexity index is 420. The maximum atomic E-state index is 11.9. The molecule has 92 valence electrons. The summed E-state index contributed by atoms with van der Waals surface area (Å²) in [6.45, 7) is 0.692. The molecule has 1 aliphatic rings. The van der Waals surface area contributed by atoms with Crippen LogP contribution in [0.1, 0.15) is 29.8 Å². The summed E-state index contributed by atoms with van der Waals surface area (Å²) in [4.78, 5) is 15.9. The van der Waals surface area contributed by atoms with Crippen molar-refractivity contribution in [2.45, 2.75) is 19.3 Å². The Balaban J connectivity index is 2.01. The van der Waals surface area contributed by atoms with E-state index in [1.807, 2.05) is 0 Å². The van der Waals surface area contributed by atoms with Crippen molar-refractivity contribution < 1.29 is 4.79 Å². The van der Waals surface area contributed by atoms with Gasteiger partial charge >= 0.3 is 0 Å². The summed E-state index contributed by atoms with van der Waals surface area (Å²) >= 11 is 5.92. The maximum absolute atomic E-state index is 11.9. The van der Waals surface area contributed by atoms with Gasteiger partial charge in [0, 0.05) is 6.54 Å². The first-order valence-electron chi connectivity index (χ1n) is 5.62. The topological polar surface area (TPSA) is 80.0 Å². The van der Waals surface area contributed by atoms with Crippen LogP contribution in [0.25, 0.3) is 0 Å². The van der Waals surface area contributed by atoms with Crippen molar-refractivity contribution in [1.82, 2.24) is 10.3 Å². The summed E-state index contributed by atoms with van der Waals surface area (Å²) < 4.78 is 0. The van der Waals surface area contributed by atoms with Crippen molar-refractivity contribution in [3.63, 3.8) is 0 Å². The number of hydrazine groups is 1. The number of halogens is 1. The quantitative estimate of drug-likeness (QED) is 0.563. The molecular weight excluding hydrogens is 240 g/mol. The highest BCUT2D eigenvalue weighted by molar-refractivity contribution is 6.33. The van der Waals surface area contributed by atoms with Crippen LogP contribution in [0.2, 0.25) is 5.02 Å². The van der Waals surface area contributed by atoms with Gasteiger partial charge in [-0.15, -0.1) is 0 Å². The van der Waals surface area contributed by atoms with Gasteiger partial charge in [-0.3, -0.25) is 4.79 Å². The first-order chi connectivity index (χ1) is 8.20. The highest BCUT2D eigenvalue weighted by Crippen LogP contribution is 2.25. The van der Waals surface area contributed by atoms with Crippen molar-refractivity contribution >= 4 is 23.3 Å². The summed E-state index contributed by atoms with van der Waals surface area (Å²) in [6, 6.07) is 3.22. The number of nitrogens with two attached hydrogens (primary N) is 1. The number of aromatic nitrogens is 1. The normalized spacial score (nSPS) is 15.2. The van der Waals surface area contributed by atoms with Crippen molar-refractivity contribution in [2.24, 2.45) is 11.8 Å². The van der Waals surface area contributed by atoms with E-state index < -0.39 is 0 Å². The number of amides is 1. The average molecular weight is 255 g/mol. The molecule has 1 amide bonds. The zero-order chi connectivity index (χ0) is 12.3. The van der Waals surface area contributed by atoms with Gasteiger partial charge in [0.15, 0.2) is 0 Å². The Morgan fingerprint density at radius 2 is 2.29 bits per heavy atom. The van der Waals surface area contributed by atoms with E-state index in [-0.39, 0.29) is 11.6 Å². The Morgan fingerprint density at radius 3 is 2.88 bits per heavy atom. The summed E-state index contributed by atoms with van der Waals surface area (Å²) in [5, 5.41) is 3.17. The lowest BCUT2D eigenvalue weighted by Crippen LogP contribution is -2.33. The molecule has 0 unspecified atom stereocenters. The van der Waals surface area contributed by atoms with Crippen LogP contribution in [-0.2, 0) is 0 Å². The molecule has 1 aromatic rings. The van der Waals surface area contributed by atoms with Crippen LogP contribution >= 0.6 is 11.6 Å². The Morgan fingerprint density at radius 1 is 1.53 bits per heavy atom. The van der Waals surface area contributed by atoms with Crippen LogP contribution in [0.4, 0.5) is 5.82 Å². The van der Waals surface area contributed by atoms with Crippen LogP contribution in [-0.4, -0.2) is 17.4 Å². The minimum atomic E-state index is -0.251. The fourth-order valence-corrected chi connectivity index (χ4v) is 1.89. The highest BCUT2D eigenvalue weighted by Gasteiger charge is 2.19. The van der Waals surface area contributed by atoms with E-state index in [4.69, 9.17) is 17.4 Å². The van der Waals surface area contributed by atoms with Gasteiger partial charge in [0.2, 0.25) is 0 Å². The summed E-state index contributed by atoms with van der Waals surface area (Å²) in [5.41, 5.74) is 2.60. The lowest BCUT2D eigenvalue weighted by Gasteiger charge is -2.25. The van der Waals surface area contributed by atoms with E-state index in [2.05, 4.69) is 15.7 Å². The second-order valence-electron chi connectivity index (χ2n) is 4.18. The number of carbonyl (C=O) groups excluding carboxylic acids is 1. The van der Waals surface area contributed by atoms with Crippen molar-refractivity contribution in [1.29, 1.82) is 0 Å². The number of nitrogen functional groups attached to an aromatic ring is 1. The van der Waals surface area contributed by atoms with E-state index in [0.29, 0.717) is 23.3 Å². The number of hydrogen-bond acceptors (Lipinski definition) is 4. The van der Waals surface area contributed by atoms with Gasteiger partial charge in [0.05, 0.1) is 5.02 Å². The third-order valence-electron chi connectivity index (χ3n) is 2.99. The first-order valence-corrected chi connectivity index (χ1v) is 6.00. The number of pyridine rings is 1. The van der Waals surface area contributed by atoms with Crippen molar-refractivity contribution in [2.75, 3.05) is 12.0 Å². The lowest BCUT2D eigenvalue weighted by atomic mass is 9.85. The zero-order valence-electron chi connectivity index (χ0n) is 9.37. The monoisotopic (exact) mass is 254 g/mol. The van der Waals surface area contributed by atoms with Crippen LogP contribution in [0.5, 0.6) is 0 Å². The molecule has 0 aromatic carbocycles. The Labute approximate surface area is 105 Å². The lowest BCUT2D eigenvalue weighted by molar-refractivity contribution is 0.0934. The molecule has 2 rings (SSSR count). The Kier molecular flexibility index (Phi) is 3.81. The van der Waals surface area contributed by atoms with Crippen molar-refractivity contribution in [3.8, 4) is 0 Å². The maximum Gasteiger partial charge on any atom is 0.271 e. The van der Waals surface area contributed by atoms with Gasteiger partial charge in [-0.05, 0) is 30.9 Å². The third-order valence-corrected chi connectivity index (χ3v) is 3.29. The Hall–Kier alpha value is -1.33. The standard InChI is InChI=1S/C11H15ClN4O/c12-8-4-5-9(16-13)15-10(8)11(17)14-6-7-2-1-3-7/h4-5,7H,1-3,6,13H2,(H,14,17)(H,15,16). The minimum absolute atomic E-state index is 0.210. The van der Waals surface area contributed by atoms with Crippen LogP contribution < -0.4 is 16.6 Å². The van der Waals surface area contributed by atoms with E-state index in [0.717, 1.165) is 0 Å². The number of anilines is 1. The van der Waals surface area contributed by atoms with Gasteiger partial charge in [0.1, 0.15) is 11.5 Å². The second kappa shape index (κ2) is 5.33. The fraction of sp³-hybridized carbons (Fsp3) is 0.455. The molecule has 0 atom stereocenters. The zero-order valence-corrected chi connectivity index (χ0v) is 10.1.